The van der Waals surface area contributed by atoms with Gasteiger partial charge in [0.1, 0.15) is 0 Å². The summed E-state index contributed by atoms with van der Waals surface area (Å²) in [6.07, 6.45) is 12.8. The fraction of sp³-hybridized carbons (Fsp3) is 0.542. The Hall–Kier alpha value is -1.92. The lowest BCUT2D eigenvalue weighted by Crippen LogP contribution is -2.52. The highest BCUT2D eigenvalue weighted by atomic mass is 32.2. The lowest BCUT2D eigenvalue weighted by molar-refractivity contribution is -0.137. The lowest BCUT2D eigenvalue weighted by Gasteiger charge is -2.48. The number of hydrogen-bond donors (Lipinski definition) is 2. The van der Waals surface area contributed by atoms with Gasteiger partial charge in [0.15, 0.2) is 0 Å². The van der Waals surface area contributed by atoms with Gasteiger partial charge >= 0.3 is 5.97 Å². The zero-order valence-corrected chi connectivity index (χ0v) is 18.5. The molecular weight excluding hydrogens is 398 g/mol. The molecule has 3 fully saturated rings. The monoisotopic (exact) mass is 431 g/mol. The van der Waals surface area contributed by atoms with Crippen molar-refractivity contribution in [2.24, 2.45) is 17.8 Å². The van der Waals surface area contributed by atoms with E-state index in [9.17, 15) is 13.2 Å². The van der Waals surface area contributed by atoms with Crippen LogP contribution in [0.2, 0.25) is 0 Å². The molecule has 3 saturated carbocycles. The summed E-state index contributed by atoms with van der Waals surface area (Å²) in [4.78, 5) is 10.6. The predicted octanol–water partition coefficient (Wildman–Crippen LogP) is 4.89. The van der Waals surface area contributed by atoms with Gasteiger partial charge in [-0.15, -0.1) is 0 Å². The topological polar surface area (TPSA) is 83.5 Å². The summed E-state index contributed by atoms with van der Waals surface area (Å²) < 4.78 is 28.6. The molecule has 0 aliphatic heterocycles. The minimum Gasteiger partial charge on any atom is -0.481 e. The van der Waals surface area contributed by atoms with E-state index >= 15 is 0 Å². The molecule has 3 aliphatic rings. The Morgan fingerprint density at radius 3 is 2.60 bits per heavy atom. The van der Waals surface area contributed by atoms with Crippen molar-refractivity contribution in [1.82, 2.24) is 4.72 Å². The normalized spacial score (nSPS) is 26.6. The molecule has 0 saturated heterocycles. The standard InChI is InChI=1S/C24H33NO4S/c1-18-7-6-8-19(17-18)15-16-30(28,29)25-24-21-13-11-20(12-14-21)22(24)9-4-2-3-5-10-23(26)27/h2,4,6-8,15-17,20-22,24-25H,3,5,9-14H2,1H3,(H,26,27). The number of carboxylic acid groups (broad SMARTS) is 1. The summed E-state index contributed by atoms with van der Waals surface area (Å²) in [5.41, 5.74) is 1.98. The second-order valence-electron chi connectivity index (χ2n) is 8.74. The number of sulfonamides is 1. The average Bonchev–Trinajstić information content (AvgIpc) is 2.71. The third-order valence-corrected chi connectivity index (χ3v) is 7.60. The molecule has 1 aromatic rings. The van der Waals surface area contributed by atoms with E-state index in [4.69, 9.17) is 5.11 Å². The first-order chi connectivity index (χ1) is 14.3. The maximum Gasteiger partial charge on any atom is 0.303 e. The zero-order chi connectivity index (χ0) is 21.6. The Morgan fingerprint density at radius 2 is 1.90 bits per heavy atom. The second kappa shape index (κ2) is 10.4. The highest BCUT2D eigenvalue weighted by Crippen LogP contribution is 2.46. The Balaban J connectivity index is 1.62. The summed E-state index contributed by atoms with van der Waals surface area (Å²) >= 11 is 0. The van der Waals surface area contributed by atoms with Crippen LogP contribution in [-0.2, 0) is 14.8 Å². The summed E-state index contributed by atoms with van der Waals surface area (Å²) in [6.45, 7) is 1.99. The maximum atomic E-state index is 12.8. The minimum absolute atomic E-state index is 0.0201. The number of hydrogen-bond acceptors (Lipinski definition) is 3. The van der Waals surface area contributed by atoms with E-state index in [0.717, 1.165) is 36.8 Å². The van der Waals surface area contributed by atoms with Crippen LogP contribution in [0.5, 0.6) is 0 Å². The van der Waals surface area contributed by atoms with E-state index in [1.807, 2.05) is 31.2 Å². The number of aryl methyl sites for hydroxylation is 1. The number of rotatable bonds is 10. The van der Waals surface area contributed by atoms with Gasteiger partial charge in [0, 0.05) is 17.9 Å². The Bertz CT molecular complexity index is 882. The van der Waals surface area contributed by atoms with Gasteiger partial charge in [-0.1, -0.05) is 42.0 Å². The molecule has 164 valence electrons. The van der Waals surface area contributed by atoms with E-state index in [1.165, 1.54) is 18.2 Å². The molecule has 1 aromatic carbocycles. The Labute approximate surface area is 180 Å². The fourth-order valence-corrected chi connectivity index (χ4v) is 6.17. The average molecular weight is 432 g/mol. The summed E-state index contributed by atoms with van der Waals surface area (Å²) in [7, 11) is -3.52. The molecule has 0 aromatic heterocycles. The van der Waals surface area contributed by atoms with Crippen LogP contribution >= 0.6 is 0 Å². The number of unbranched alkanes of at least 4 members (excludes halogenated alkanes) is 1. The third-order valence-electron chi connectivity index (χ3n) is 6.51. The van der Waals surface area contributed by atoms with Gasteiger partial charge in [0.05, 0.1) is 0 Å². The van der Waals surface area contributed by atoms with Crippen molar-refractivity contribution in [3.05, 3.63) is 53.0 Å². The largest absolute Gasteiger partial charge is 0.481 e. The number of carboxylic acids is 1. The first-order valence-electron chi connectivity index (χ1n) is 11.0. The van der Waals surface area contributed by atoms with Crippen molar-refractivity contribution in [3.8, 4) is 0 Å². The number of carbonyl (C=O) groups is 1. The van der Waals surface area contributed by atoms with Gasteiger partial charge < -0.3 is 5.11 Å². The smallest absolute Gasteiger partial charge is 0.303 e. The van der Waals surface area contributed by atoms with E-state index in [1.54, 1.807) is 6.08 Å². The number of nitrogens with one attached hydrogen (secondary N) is 1. The van der Waals surface area contributed by atoms with Crippen molar-refractivity contribution >= 4 is 22.1 Å². The van der Waals surface area contributed by atoms with Crippen molar-refractivity contribution < 1.29 is 18.3 Å². The molecule has 30 heavy (non-hydrogen) atoms. The SMILES string of the molecule is Cc1cccc(C=CS(=O)(=O)NC2C3CCC(CC3)C2CC=CCCCC(=O)O)c1. The molecule has 2 unspecified atom stereocenters. The van der Waals surface area contributed by atoms with Crippen LogP contribution in [0.4, 0.5) is 0 Å². The van der Waals surface area contributed by atoms with E-state index in [0.29, 0.717) is 24.2 Å². The van der Waals surface area contributed by atoms with Crippen LogP contribution in [0.3, 0.4) is 0 Å². The molecular formula is C24H33NO4S. The molecule has 5 nitrogen and oxygen atoms in total. The van der Waals surface area contributed by atoms with Gasteiger partial charge in [0.2, 0.25) is 10.0 Å². The van der Waals surface area contributed by atoms with Crippen molar-refractivity contribution in [2.45, 2.75) is 64.3 Å². The lowest BCUT2D eigenvalue weighted by atomic mass is 9.61. The van der Waals surface area contributed by atoms with E-state index in [-0.39, 0.29) is 12.5 Å². The quantitative estimate of drug-likeness (QED) is 0.408. The Kier molecular flexibility index (Phi) is 7.89. The highest BCUT2D eigenvalue weighted by molar-refractivity contribution is 7.92. The molecule has 0 spiro atoms. The van der Waals surface area contributed by atoms with Crippen LogP contribution in [0, 0.1) is 24.7 Å². The summed E-state index contributed by atoms with van der Waals surface area (Å²) in [5.74, 6) is 0.520. The van der Waals surface area contributed by atoms with Crippen LogP contribution in [-0.4, -0.2) is 25.5 Å². The molecule has 2 bridgehead atoms. The summed E-state index contributed by atoms with van der Waals surface area (Å²) in [5, 5.41) is 10.0. The van der Waals surface area contributed by atoms with Crippen LogP contribution in [0.1, 0.15) is 62.5 Å². The minimum atomic E-state index is -3.52. The molecule has 4 rings (SSSR count). The maximum absolute atomic E-state index is 12.8. The van der Waals surface area contributed by atoms with Crippen molar-refractivity contribution in [3.63, 3.8) is 0 Å². The number of allylic oxidation sites excluding steroid dienone is 2. The van der Waals surface area contributed by atoms with Crippen LogP contribution < -0.4 is 4.72 Å². The van der Waals surface area contributed by atoms with Crippen molar-refractivity contribution in [2.75, 3.05) is 0 Å². The van der Waals surface area contributed by atoms with Gasteiger partial charge in [-0.25, -0.2) is 13.1 Å². The number of benzene rings is 1. The molecule has 2 N–H and O–H groups in total. The van der Waals surface area contributed by atoms with Crippen molar-refractivity contribution in [1.29, 1.82) is 0 Å². The molecule has 6 heteroatoms. The van der Waals surface area contributed by atoms with Gasteiger partial charge in [-0.05, 0) is 81.3 Å². The highest BCUT2D eigenvalue weighted by Gasteiger charge is 2.44. The summed E-state index contributed by atoms with van der Waals surface area (Å²) in [6, 6.07) is 7.76. The molecule has 0 heterocycles. The van der Waals surface area contributed by atoms with E-state index < -0.39 is 16.0 Å². The molecule has 3 aliphatic carbocycles. The third kappa shape index (κ3) is 6.54. The first kappa shape index (κ1) is 22.8. The molecule has 2 atom stereocenters. The predicted molar refractivity (Wildman–Crippen MR) is 120 cm³/mol. The van der Waals surface area contributed by atoms with E-state index in [2.05, 4.69) is 16.9 Å². The number of fused-ring (bicyclic) bond motifs is 3. The zero-order valence-electron chi connectivity index (χ0n) is 17.7. The van der Waals surface area contributed by atoms with Gasteiger partial charge in [0.25, 0.3) is 0 Å². The number of aliphatic carboxylic acids is 1. The Morgan fingerprint density at radius 1 is 1.17 bits per heavy atom. The fourth-order valence-electron chi connectivity index (χ4n) is 5.01. The molecule has 0 radical (unpaired) electrons. The van der Waals surface area contributed by atoms with Crippen LogP contribution in [0.15, 0.2) is 41.8 Å². The molecule has 0 amide bonds. The second-order valence-corrected chi connectivity index (χ2v) is 10.3. The van der Waals surface area contributed by atoms with Gasteiger partial charge in [-0.2, -0.15) is 0 Å². The van der Waals surface area contributed by atoms with Crippen LogP contribution in [0.25, 0.3) is 6.08 Å². The van der Waals surface area contributed by atoms with Gasteiger partial charge in [-0.3, -0.25) is 4.79 Å². The first-order valence-corrected chi connectivity index (χ1v) is 12.5.